The first-order chi connectivity index (χ1) is 10.1. The van der Waals surface area contributed by atoms with Crippen LogP contribution in [0.25, 0.3) is 10.8 Å². The number of benzene rings is 2. The van der Waals surface area contributed by atoms with E-state index in [1.165, 1.54) is 12.8 Å². The number of phenols is 2. The van der Waals surface area contributed by atoms with Gasteiger partial charge < -0.3 is 15.6 Å². The van der Waals surface area contributed by atoms with Crippen LogP contribution in [0, 0.1) is 5.41 Å². The molecule has 3 heteroatoms. The van der Waals surface area contributed by atoms with E-state index in [4.69, 9.17) is 5.41 Å². The highest BCUT2D eigenvalue weighted by Gasteiger charge is 2.04. The van der Waals surface area contributed by atoms with Crippen molar-refractivity contribution >= 4 is 16.5 Å². The highest BCUT2D eigenvalue weighted by Crippen LogP contribution is 2.30. The first-order valence-electron chi connectivity index (χ1n) is 7.61. The number of aryl methyl sites for hydroxylation is 1. The second kappa shape index (κ2) is 7.11. The summed E-state index contributed by atoms with van der Waals surface area (Å²) >= 11 is 0. The Bertz CT molecular complexity index is 634. The highest BCUT2D eigenvalue weighted by atomic mass is 16.3. The van der Waals surface area contributed by atoms with Gasteiger partial charge in [0, 0.05) is 5.71 Å². The SMILES string of the molecule is CCCCCC(=N)CCc1ccc2cc(O)c(O)cc2c1. The molecule has 0 amide bonds. The molecule has 0 unspecified atom stereocenters. The van der Waals surface area contributed by atoms with Crippen LogP contribution in [-0.4, -0.2) is 15.9 Å². The Labute approximate surface area is 125 Å². The maximum atomic E-state index is 9.56. The van der Waals surface area contributed by atoms with E-state index in [0.717, 1.165) is 47.7 Å². The van der Waals surface area contributed by atoms with E-state index >= 15 is 0 Å². The number of aromatic hydroxyl groups is 2. The largest absolute Gasteiger partial charge is 0.504 e. The van der Waals surface area contributed by atoms with Gasteiger partial charge in [0.25, 0.3) is 0 Å². The molecule has 0 atom stereocenters. The first-order valence-corrected chi connectivity index (χ1v) is 7.61. The quantitative estimate of drug-likeness (QED) is 0.389. The molecule has 3 N–H and O–H groups in total. The van der Waals surface area contributed by atoms with Crippen molar-refractivity contribution in [2.45, 2.75) is 45.4 Å². The van der Waals surface area contributed by atoms with Crippen molar-refractivity contribution in [1.29, 1.82) is 5.41 Å². The zero-order chi connectivity index (χ0) is 15.2. The Morgan fingerprint density at radius 1 is 0.952 bits per heavy atom. The number of phenolic OH excluding ortho intramolecular Hbond substituents is 2. The monoisotopic (exact) mass is 285 g/mol. The van der Waals surface area contributed by atoms with E-state index in [1.807, 2.05) is 18.2 Å². The molecule has 0 saturated carbocycles. The fourth-order valence-corrected chi connectivity index (χ4v) is 2.49. The number of fused-ring (bicyclic) bond motifs is 1. The predicted octanol–water partition coefficient (Wildman–Crippen LogP) is 4.78. The molecule has 0 radical (unpaired) electrons. The van der Waals surface area contributed by atoms with Crippen LogP contribution < -0.4 is 0 Å². The molecule has 0 fully saturated rings. The third-order valence-electron chi connectivity index (χ3n) is 3.80. The average Bonchev–Trinajstić information content (AvgIpc) is 2.46. The fourth-order valence-electron chi connectivity index (χ4n) is 2.49. The lowest BCUT2D eigenvalue weighted by Crippen LogP contribution is -1.99. The van der Waals surface area contributed by atoms with Crippen LogP contribution in [0.2, 0.25) is 0 Å². The molecule has 112 valence electrons. The topological polar surface area (TPSA) is 64.3 Å². The Hall–Kier alpha value is -2.03. The molecule has 2 aromatic rings. The summed E-state index contributed by atoms with van der Waals surface area (Å²) in [6.45, 7) is 2.17. The number of nitrogens with one attached hydrogen (secondary N) is 1. The summed E-state index contributed by atoms with van der Waals surface area (Å²) in [7, 11) is 0. The second-order valence-electron chi connectivity index (χ2n) is 5.58. The van der Waals surface area contributed by atoms with Crippen LogP contribution >= 0.6 is 0 Å². The zero-order valence-corrected chi connectivity index (χ0v) is 12.5. The minimum Gasteiger partial charge on any atom is -0.504 e. The van der Waals surface area contributed by atoms with Crippen LogP contribution in [0.15, 0.2) is 30.3 Å². The number of rotatable bonds is 7. The molecule has 0 aliphatic rings. The molecule has 0 heterocycles. The van der Waals surface area contributed by atoms with Crippen molar-refractivity contribution in [1.82, 2.24) is 0 Å². The third-order valence-corrected chi connectivity index (χ3v) is 3.80. The number of unbranched alkanes of at least 4 members (excludes halogenated alkanes) is 2. The molecule has 0 aliphatic carbocycles. The summed E-state index contributed by atoms with van der Waals surface area (Å²) in [4.78, 5) is 0. The van der Waals surface area contributed by atoms with Gasteiger partial charge in [-0.3, -0.25) is 0 Å². The Morgan fingerprint density at radius 2 is 1.67 bits per heavy atom. The Balaban J connectivity index is 1.99. The smallest absolute Gasteiger partial charge is 0.158 e. The van der Waals surface area contributed by atoms with Gasteiger partial charge in [0.2, 0.25) is 0 Å². The summed E-state index contributed by atoms with van der Waals surface area (Å²) in [5.74, 6) is -0.181. The maximum absolute atomic E-state index is 9.56. The summed E-state index contributed by atoms with van der Waals surface area (Å²) in [6, 6.07) is 9.15. The molecular formula is C18H23NO2. The van der Waals surface area contributed by atoms with Crippen molar-refractivity contribution < 1.29 is 10.2 Å². The first kappa shape index (κ1) is 15.4. The van der Waals surface area contributed by atoms with Crippen molar-refractivity contribution in [2.75, 3.05) is 0 Å². The van der Waals surface area contributed by atoms with Gasteiger partial charge in [-0.15, -0.1) is 0 Å². The van der Waals surface area contributed by atoms with E-state index in [-0.39, 0.29) is 11.5 Å². The standard InChI is InChI=1S/C18H23NO2/c1-2-3-4-5-16(19)9-7-13-6-8-14-11-17(20)18(21)12-15(14)10-13/h6,8,10-12,19-21H,2-5,7,9H2,1H3. The summed E-state index contributed by atoms with van der Waals surface area (Å²) in [5, 5.41) is 28.8. The lowest BCUT2D eigenvalue weighted by molar-refractivity contribution is 0.405. The lowest BCUT2D eigenvalue weighted by atomic mass is 10.0. The zero-order valence-electron chi connectivity index (χ0n) is 12.5. The van der Waals surface area contributed by atoms with Gasteiger partial charge in [0.15, 0.2) is 11.5 Å². The van der Waals surface area contributed by atoms with Crippen molar-refractivity contribution in [3.63, 3.8) is 0 Å². The molecule has 2 aromatic carbocycles. The summed E-state index contributed by atoms with van der Waals surface area (Å²) in [6.07, 6.45) is 6.04. The maximum Gasteiger partial charge on any atom is 0.158 e. The van der Waals surface area contributed by atoms with Gasteiger partial charge in [-0.05, 0) is 54.2 Å². The third kappa shape index (κ3) is 4.22. The van der Waals surface area contributed by atoms with Gasteiger partial charge in [0.05, 0.1) is 0 Å². The van der Waals surface area contributed by atoms with Gasteiger partial charge in [0.1, 0.15) is 0 Å². The number of hydrogen-bond acceptors (Lipinski definition) is 3. The van der Waals surface area contributed by atoms with Crippen molar-refractivity contribution in [3.8, 4) is 11.5 Å². The fraction of sp³-hybridized carbons (Fsp3) is 0.389. The van der Waals surface area contributed by atoms with Crippen LogP contribution in [0.3, 0.4) is 0 Å². The van der Waals surface area contributed by atoms with Crippen LogP contribution in [0.5, 0.6) is 11.5 Å². The van der Waals surface area contributed by atoms with Gasteiger partial charge >= 0.3 is 0 Å². The minimum atomic E-state index is -0.0908. The average molecular weight is 285 g/mol. The van der Waals surface area contributed by atoms with E-state index in [9.17, 15) is 10.2 Å². The molecule has 0 aliphatic heterocycles. The van der Waals surface area contributed by atoms with Gasteiger partial charge in [-0.1, -0.05) is 38.0 Å². The predicted molar refractivity (Wildman–Crippen MR) is 87.5 cm³/mol. The van der Waals surface area contributed by atoms with Gasteiger partial charge in [-0.25, -0.2) is 0 Å². The number of hydrogen-bond donors (Lipinski definition) is 3. The molecule has 3 nitrogen and oxygen atoms in total. The molecule has 0 spiro atoms. The second-order valence-corrected chi connectivity index (χ2v) is 5.58. The van der Waals surface area contributed by atoms with E-state index in [2.05, 4.69) is 6.92 Å². The minimum absolute atomic E-state index is 0.0899. The lowest BCUT2D eigenvalue weighted by Gasteiger charge is -2.07. The summed E-state index contributed by atoms with van der Waals surface area (Å²) < 4.78 is 0. The molecule has 0 aromatic heterocycles. The molecule has 2 rings (SSSR count). The molecule has 0 bridgehead atoms. The molecular weight excluding hydrogens is 262 g/mol. The van der Waals surface area contributed by atoms with E-state index in [0.29, 0.717) is 0 Å². The van der Waals surface area contributed by atoms with E-state index < -0.39 is 0 Å². The van der Waals surface area contributed by atoms with Crippen molar-refractivity contribution in [3.05, 3.63) is 35.9 Å². The Kier molecular flexibility index (Phi) is 5.20. The van der Waals surface area contributed by atoms with Crippen LogP contribution in [0.4, 0.5) is 0 Å². The highest BCUT2D eigenvalue weighted by molar-refractivity contribution is 5.87. The van der Waals surface area contributed by atoms with Gasteiger partial charge in [-0.2, -0.15) is 0 Å². The van der Waals surface area contributed by atoms with E-state index in [1.54, 1.807) is 12.1 Å². The van der Waals surface area contributed by atoms with Crippen LogP contribution in [-0.2, 0) is 6.42 Å². The van der Waals surface area contributed by atoms with Crippen LogP contribution in [0.1, 0.15) is 44.6 Å². The normalized spacial score (nSPS) is 10.9. The molecule has 21 heavy (non-hydrogen) atoms. The molecule has 0 saturated heterocycles. The van der Waals surface area contributed by atoms with Crippen molar-refractivity contribution in [2.24, 2.45) is 0 Å². The Morgan fingerprint density at radius 3 is 2.38 bits per heavy atom. The summed E-state index contributed by atoms with van der Waals surface area (Å²) in [5.41, 5.74) is 1.98.